The molecule has 0 fully saturated rings. The van der Waals surface area contributed by atoms with Crippen LogP contribution in [0.25, 0.3) is 22.6 Å². The topological polar surface area (TPSA) is 92.0 Å². The Hall–Kier alpha value is -2.63. The van der Waals surface area contributed by atoms with E-state index in [4.69, 9.17) is 9.52 Å². The third kappa shape index (κ3) is 1.46. The first-order valence-corrected chi connectivity index (χ1v) is 5.29. The molecule has 3 aromatic heterocycles. The van der Waals surface area contributed by atoms with Gasteiger partial charge in [0.2, 0.25) is 0 Å². The number of nitrogens with zero attached hydrogens (tertiary/aromatic N) is 2. The van der Waals surface area contributed by atoms with E-state index in [1.165, 1.54) is 12.3 Å². The first-order chi connectivity index (χ1) is 8.66. The Bertz CT molecular complexity index is 742. The van der Waals surface area contributed by atoms with Gasteiger partial charge < -0.3 is 14.5 Å². The van der Waals surface area contributed by atoms with Crippen LogP contribution in [0.1, 0.15) is 16.1 Å². The normalized spacial score (nSPS) is 10.9. The summed E-state index contributed by atoms with van der Waals surface area (Å²) >= 11 is 0. The molecular weight excluding hydrogens is 234 g/mol. The first kappa shape index (κ1) is 10.5. The van der Waals surface area contributed by atoms with Gasteiger partial charge in [-0.05, 0) is 19.1 Å². The number of rotatable bonds is 2. The molecule has 18 heavy (non-hydrogen) atoms. The van der Waals surface area contributed by atoms with E-state index in [-0.39, 0.29) is 5.56 Å². The van der Waals surface area contributed by atoms with Gasteiger partial charge in [-0.2, -0.15) is 0 Å². The molecule has 0 radical (unpaired) electrons. The average molecular weight is 243 g/mol. The van der Waals surface area contributed by atoms with E-state index in [1.807, 2.05) is 6.92 Å². The van der Waals surface area contributed by atoms with Gasteiger partial charge in [-0.15, -0.1) is 0 Å². The van der Waals surface area contributed by atoms with Gasteiger partial charge >= 0.3 is 5.97 Å². The summed E-state index contributed by atoms with van der Waals surface area (Å²) < 4.78 is 5.20. The number of aromatic carboxylic acids is 1. The monoisotopic (exact) mass is 243 g/mol. The summed E-state index contributed by atoms with van der Waals surface area (Å²) in [6.07, 6.45) is 2.99. The predicted octanol–water partition coefficient (Wildman–Crippen LogP) is 2.22. The molecule has 6 nitrogen and oxygen atoms in total. The van der Waals surface area contributed by atoms with Gasteiger partial charge in [0.25, 0.3) is 0 Å². The van der Waals surface area contributed by atoms with Crippen molar-refractivity contribution < 1.29 is 14.3 Å². The maximum atomic E-state index is 11.1. The summed E-state index contributed by atoms with van der Waals surface area (Å²) in [4.78, 5) is 22.4. The second kappa shape index (κ2) is 3.69. The van der Waals surface area contributed by atoms with E-state index in [0.717, 1.165) is 5.56 Å². The minimum absolute atomic E-state index is 0.153. The van der Waals surface area contributed by atoms with Crippen LogP contribution in [0.5, 0.6) is 0 Å². The van der Waals surface area contributed by atoms with Gasteiger partial charge in [0.1, 0.15) is 11.6 Å². The van der Waals surface area contributed by atoms with E-state index in [9.17, 15) is 4.79 Å². The number of nitrogens with one attached hydrogen (secondary N) is 1. The maximum absolute atomic E-state index is 11.1. The number of furan rings is 1. The van der Waals surface area contributed by atoms with Gasteiger partial charge in [-0.25, -0.2) is 14.8 Å². The minimum Gasteiger partial charge on any atom is -0.478 e. The molecule has 0 bridgehead atoms. The molecule has 3 aromatic rings. The third-order valence-corrected chi connectivity index (χ3v) is 2.74. The average Bonchev–Trinajstić information content (AvgIpc) is 2.92. The Labute approximate surface area is 101 Å². The number of H-pyrrole nitrogens is 1. The van der Waals surface area contributed by atoms with Crippen LogP contribution >= 0.6 is 0 Å². The molecule has 0 amide bonds. The number of carboxylic acids is 1. The minimum atomic E-state index is -1.01. The molecule has 6 heteroatoms. The van der Waals surface area contributed by atoms with Crippen LogP contribution in [0, 0.1) is 6.92 Å². The summed E-state index contributed by atoms with van der Waals surface area (Å²) in [5.41, 5.74) is 1.75. The summed E-state index contributed by atoms with van der Waals surface area (Å²) in [5, 5.41) is 9.08. The van der Waals surface area contributed by atoms with Crippen LogP contribution in [-0.4, -0.2) is 26.0 Å². The number of aromatic nitrogens is 3. The van der Waals surface area contributed by atoms with Crippen molar-refractivity contribution in [3.05, 3.63) is 35.9 Å². The van der Waals surface area contributed by atoms with E-state index < -0.39 is 5.97 Å². The van der Waals surface area contributed by atoms with Crippen molar-refractivity contribution in [1.29, 1.82) is 0 Å². The zero-order chi connectivity index (χ0) is 12.7. The maximum Gasteiger partial charge on any atom is 0.338 e. The molecular formula is C12H9N3O3. The van der Waals surface area contributed by atoms with E-state index in [1.54, 1.807) is 12.3 Å². The molecule has 90 valence electrons. The smallest absolute Gasteiger partial charge is 0.338 e. The quantitative estimate of drug-likeness (QED) is 0.720. The van der Waals surface area contributed by atoms with Crippen LogP contribution in [0.15, 0.2) is 29.0 Å². The molecule has 0 unspecified atom stereocenters. The fourth-order valence-corrected chi connectivity index (χ4v) is 1.85. The number of hydrogen-bond donors (Lipinski definition) is 2. The van der Waals surface area contributed by atoms with Gasteiger partial charge in [-0.1, -0.05) is 0 Å². The molecule has 3 heterocycles. The molecule has 0 saturated carbocycles. The molecule has 3 rings (SSSR count). The Kier molecular flexibility index (Phi) is 2.16. The van der Waals surface area contributed by atoms with E-state index in [0.29, 0.717) is 22.7 Å². The number of imidazole rings is 1. The van der Waals surface area contributed by atoms with Crippen LogP contribution in [0.4, 0.5) is 0 Å². The zero-order valence-electron chi connectivity index (χ0n) is 9.47. The van der Waals surface area contributed by atoms with Gasteiger partial charge in [-0.3, -0.25) is 0 Å². The molecule has 0 spiro atoms. The highest BCUT2D eigenvalue weighted by atomic mass is 16.4. The van der Waals surface area contributed by atoms with Crippen molar-refractivity contribution in [2.45, 2.75) is 6.92 Å². The zero-order valence-corrected chi connectivity index (χ0v) is 9.47. The van der Waals surface area contributed by atoms with Gasteiger partial charge in [0, 0.05) is 6.20 Å². The molecule has 0 aliphatic rings. The number of pyridine rings is 1. The highest BCUT2D eigenvalue weighted by molar-refractivity contribution is 6.00. The molecule has 0 aliphatic carbocycles. The summed E-state index contributed by atoms with van der Waals surface area (Å²) in [7, 11) is 0. The lowest BCUT2D eigenvalue weighted by atomic mass is 10.2. The largest absolute Gasteiger partial charge is 0.478 e. The van der Waals surface area contributed by atoms with Crippen LogP contribution < -0.4 is 0 Å². The lowest BCUT2D eigenvalue weighted by molar-refractivity contribution is 0.0699. The Morgan fingerprint density at radius 2 is 2.28 bits per heavy atom. The number of aryl methyl sites for hydroxylation is 1. The molecule has 0 saturated heterocycles. The fraction of sp³-hybridized carbons (Fsp3) is 0.0833. The van der Waals surface area contributed by atoms with Crippen molar-refractivity contribution in [1.82, 2.24) is 15.0 Å². The summed E-state index contributed by atoms with van der Waals surface area (Å²) in [6.45, 7) is 1.81. The SMILES string of the molecule is Cc1occc1-c1nc2nccc(C(=O)O)c2[nH]1. The lowest BCUT2D eigenvalue weighted by Gasteiger charge is -1.94. The van der Waals surface area contributed by atoms with E-state index in [2.05, 4.69) is 15.0 Å². The van der Waals surface area contributed by atoms with Crippen molar-refractivity contribution in [2.24, 2.45) is 0 Å². The number of fused-ring (bicyclic) bond motifs is 1. The second-order valence-electron chi connectivity index (χ2n) is 3.84. The predicted molar refractivity (Wildman–Crippen MR) is 63.3 cm³/mol. The van der Waals surface area contributed by atoms with Gasteiger partial charge in [0.15, 0.2) is 5.65 Å². The molecule has 2 N–H and O–H groups in total. The summed E-state index contributed by atoms with van der Waals surface area (Å²) in [5.74, 6) is 0.255. The third-order valence-electron chi connectivity index (χ3n) is 2.74. The van der Waals surface area contributed by atoms with Crippen molar-refractivity contribution in [3.63, 3.8) is 0 Å². The first-order valence-electron chi connectivity index (χ1n) is 5.29. The van der Waals surface area contributed by atoms with Crippen molar-refractivity contribution in [3.8, 4) is 11.4 Å². The van der Waals surface area contributed by atoms with Crippen molar-refractivity contribution >= 4 is 17.1 Å². The fourth-order valence-electron chi connectivity index (χ4n) is 1.85. The van der Waals surface area contributed by atoms with Crippen LogP contribution in [0.3, 0.4) is 0 Å². The van der Waals surface area contributed by atoms with E-state index >= 15 is 0 Å². The molecule has 0 aromatic carbocycles. The van der Waals surface area contributed by atoms with Crippen molar-refractivity contribution in [2.75, 3.05) is 0 Å². The number of carboxylic acid groups (broad SMARTS) is 1. The standard InChI is InChI=1S/C12H9N3O3/c1-6-7(3-5-18-6)10-14-9-8(12(16)17)2-4-13-11(9)15-10/h2-5H,1H3,(H,16,17)(H,13,14,15). The number of aromatic amines is 1. The number of hydrogen-bond acceptors (Lipinski definition) is 4. The highest BCUT2D eigenvalue weighted by Crippen LogP contribution is 2.24. The summed E-state index contributed by atoms with van der Waals surface area (Å²) in [6, 6.07) is 3.21. The Morgan fingerprint density at radius 3 is 2.94 bits per heavy atom. The highest BCUT2D eigenvalue weighted by Gasteiger charge is 2.15. The lowest BCUT2D eigenvalue weighted by Crippen LogP contribution is -1.97. The van der Waals surface area contributed by atoms with Crippen LogP contribution in [0.2, 0.25) is 0 Å². The molecule has 0 atom stereocenters. The Balaban J connectivity index is 2.26. The van der Waals surface area contributed by atoms with Gasteiger partial charge in [0.05, 0.1) is 22.9 Å². The second-order valence-corrected chi connectivity index (χ2v) is 3.84. The Morgan fingerprint density at radius 1 is 1.44 bits per heavy atom. The molecule has 0 aliphatic heterocycles. The number of carbonyl (C=O) groups is 1. The van der Waals surface area contributed by atoms with Crippen LogP contribution in [-0.2, 0) is 0 Å².